The maximum absolute atomic E-state index is 12.5. The molecule has 0 aliphatic rings. The Kier molecular flexibility index (Phi) is 14.1. The molecule has 0 bridgehead atoms. The third kappa shape index (κ3) is 11.0. The van der Waals surface area contributed by atoms with Gasteiger partial charge in [0.15, 0.2) is 0 Å². The number of hydrogen-bond acceptors (Lipinski definition) is 6. The molecule has 0 fully saturated rings. The first kappa shape index (κ1) is 26.7. The zero-order chi connectivity index (χ0) is 22.9. The van der Waals surface area contributed by atoms with Crippen molar-refractivity contribution in [3.63, 3.8) is 0 Å². The van der Waals surface area contributed by atoms with Crippen molar-refractivity contribution in [1.82, 2.24) is 0 Å². The third-order valence-electron chi connectivity index (χ3n) is 5.16. The molecule has 0 aliphatic carbocycles. The van der Waals surface area contributed by atoms with Gasteiger partial charge in [-0.3, -0.25) is 0 Å². The van der Waals surface area contributed by atoms with E-state index >= 15 is 0 Å². The van der Waals surface area contributed by atoms with Gasteiger partial charge in [-0.1, -0.05) is 84.1 Å². The molecule has 0 saturated heterocycles. The number of ether oxygens (including phenoxy) is 2. The number of benzene rings is 1. The summed E-state index contributed by atoms with van der Waals surface area (Å²) in [7, 11) is 0. The molecule has 6 heteroatoms. The number of esters is 2. The van der Waals surface area contributed by atoms with Crippen LogP contribution in [0, 0.1) is 0 Å². The van der Waals surface area contributed by atoms with Gasteiger partial charge in [0.05, 0.1) is 30.3 Å². The average molecular weight is 434 g/mol. The Bertz CT molecular complexity index is 683. The second kappa shape index (κ2) is 16.3. The number of aromatic carboxylic acids is 1. The summed E-state index contributed by atoms with van der Waals surface area (Å²) in [5.41, 5.74) is -0.261. The summed E-state index contributed by atoms with van der Waals surface area (Å²) in [6.45, 7) is 4.79. The number of hydrogen-bond donors (Lipinski definition) is 0. The fourth-order valence-corrected chi connectivity index (χ4v) is 3.27. The van der Waals surface area contributed by atoms with Crippen molar-refractivity contribution in [1.29, 1.82) is 0 Å². The Balaban J connectivity index is 2.60. The monoisotopic (exact) mass is 433 g/mol. The van der Waals surface area contributed by atoms with Gasteiger partial charge >= 0.3 is 11.9 Å². The highest BCUT2D eigenvalue weighted by atomic mass is 16.5. The van der Waals surface area contributed by atoms with E-state index in [-0.39, 0.29) is 29.9 Å². The topological polar surface area (TPSA) is 92.7 Å². The molecule has 6 nitrogen and oxygen atoms in total. The van der Waals surface area contributed by atoms with Crippen LogP contribution in [0.1, 0.15) is 122 Å². The standard InChI is InChI=1S/C25H38O6/c1-3-5-7-9-10-12-14-18-31-25(29)22-19-20(23(26)27)15-16-21(22)24(28)30-17-13-11-8-6-4-2/h15-16,19H,3-14,17-18H2,1-2H3,(H,26,27)/p-1. The molecule has 0 amide bonds. The lowest BCUT2D eigenvalue weighted by atomic mass is 10.0. The molecule has 0 saturated carbocycles. The number of carbonyl (C=O) groups is 3. The molecule has 174 valence electrons. The van der Waals surface area contributed by atoms with Gasteiger partial charge in [0.25, 0.3) is 0 Å². The molecule has 0 radical (unpaired) electrons. The Hall–Kier alpha value is -2.37. The highest BCUT2D eigenvalue weighted by molar-refractivity contribution is 6.04. The molecule has 0 atom stereocenters. The van der Waals surface area contributed by atoms with Crippen LogP contribution in [0.4, 0.5) is 0 Å². The van der Waals surface area contributed by atoms with Crippen molar-refractivity contribution >= 4 is 17.9 Å². The van der Waals surface area contributed by atoms with E-state index < -0.39 is 17.9 Å². The van der Waals surface area contributed by atoms with Crippen LogP contribution in [-0.2, 0) is 9.47 Å². The van der Waals surface area contributed by atoms with Gasteiger partial charge in [-0.25, -0.2) is 9.59 Å². The molecule has 31 heavy (non-hydrogen) atoms. The fraction of sp³-hybridized carbons (Fsp3) is 0.640. The summed E-state index contributed by atoms with van der Waals surface area (Å²) in [5.74, 6) is -2.79. The molecular formula is C25H37O6-. The maximum atomic E-state index is 12.5. The quantitative estimate of drug-likeness (QED) is 0.251. The minimum Gasteiger partial charge on any atom is -0.545 e. The number of carbonyl (C=O) groups excluding carboxylic acids is 3. The van der Waals surface area contributed by atoms with Crippen LogP contribution in [0.3, 0.4) is 0 Å². The van der Waals surface area contributed by atoms with E-state index in [4.69, 9.17) is 9.47 Å². The molecule has 0 heterocycles. The van der Waals surface area contributed by atoms with Gasteiger partial charge in [0.2, 0.25) is 0 Å². The van der Waals surface area contributed by atoms with Crippen LogP contribution in [0.15, 0.2) is 18.2 Å². The first-order valence-corrected chi connectivity index (χ1v) is 11.7. The third-order valence-corrected chi connectivity index (χ3v) is 5.16. The Morgan fingerprint density at radius 3 is 1.61 bits per heavy atom. The van der Waals surface area contributed by atoms with Crippen molar-refractivity contribution < 1.29 is 29.0 Å². The van der Waals surface area contributed by atoms with E-state index in [1.165, 1.54) is 37.8 Å². The second-order valence-electron chi connectivity index (χ2n) is 7.86. The lowest BCUT2D eigenvalue weighted by molar-refractivity contribution is -0.255. The molecular weight excluding hydrogens is 396 g/mol. The van der Waals surface area contributed by atoms with E-state index in [1.54, 1.807) is 0 Å². The molecule has 1 aromatic rings. The van der Waals surface area contributed by atoms with Crippen LogP contribution < -0.4 is 5.11 Å². The number of carboxylic acid groups (broad SMARTS) is 1. The lowest BCUT2D eigenvalue weighted by Gasteiger charge is -2.12. The highest BCUT2D eigenvalue weighted by Gasteiger charge is 2.20. The summed E-state index contributed by atoms with van der Waals surface area (Å²) < 4.78 is 10.6. The van der Waals surface area contributed by atoms with Crippen molar-refractivity contribution in [2.75, 3.05) is 13.2 Å². The molecule has 1 aromatic carbocycles. The summed E-state index contributed by atoms with van der Waals surface area (Å²) >= 11 is 0. The average Bonchev–Trinajstić information content (AvgIpc) is 2.77. The highest BCUT2D eigenvalue weighted by Crippen LogP contribution is 2.16. The lowest BCUT2D eigenvalue weighted by Crippen LogP contribution is -2.24. The summed E-state index contributed by atoms with van der Waals surface area (Å²) in [5, 5.41) is 11.2. The van der Waals surface area contributed by atoms with Gasteiger partial charge < -0.3 is 19.4 Å². The van der Waals surface area contributed by atoms with Gasteiger partial charge in [-0.15, -0.1) is 0 Å². The molecule has 0 N–H and O–H groups in total. The maximum Gasteiger partial charge on any atom is 0.339 e. The number of rotatable bonds is 17. The predicted molar refractivity (Wildman–Crippen MR) is 118 cm³/mol. The smallest absolute Gasteiger partial charge is 0.339 e. The summed E-state index contributed by atoms with van der Waals surface area (Å²) in [4.78, 5) is 36.2. The number of carboxylic acids is 1. The first-order valence-electron chi connectivity index (χ1n) is 11.7. The SMILES string of the molecule is CCCCCCCCCOC(=O)c1cc(C(=O)[O-])ccc1C(=O)OCCCCCCC. The second-order valence-corrected chi connectivity index (χ2v) is 7.86. The normalized spacial score (nSPS) is 10.6. The van der Waals surface area contributed by atoms with E-state index in [0.29, 0.717) is 0 Å². The van der Waals surface area contributed by atoms with Crippen molar-refractivity contribution in [2.24, 2.45) is 0 Å². The zero-order valence-electron chi connectivity index (χ0n) is 19.1. The van der Waals surface area contributed by atoms with Crippen molar-refractivity contribution in [3.05, 3.63) is 34.9 Å². The predicted octanol–water partition coefficient (Wildman–Crippen LogP) is 5.08. The van der Waals surface area contributed by atoms with Gasteiger partial charge in [0, 0.05) is 0 Å². The van der Waals surface area contributed by atoms with E-state index in [1.807, 2.05) is 0 Å². The largest absolute Gasteiger partial charge is 0.545 e. The van der Waals surface area contributed by atoms with E-state index in [9.17, 15) is 19.5 Å². The van der Waals surface area contributed by atoms with Crippen LogP contribution in [0.25, 0.3) is 0 Å². The van der Waals surface area contributed by atoms with Crippen LogP contribution in [0.2, 0.25) is 0 Å². The Morgan fingerprint density at radius 1 is 0.677 bits per heavy atom. The van der Waals surface area contributed by atoms with Crippen molar-refractivity contribution in [2.45, 2.75) is 90.9 Å². The van der Waals surface area contributed by atoms with Gasteiger partial charge in [-0.05, 0) is 30.5 Å². The minimum absolute atomic E-state index is 0.0168. The molecule has 1 rings (SSSR count). The molecule has 0 spiro atoms. The summed E-state index contributed by atoms with van der Waals surface area (Å²) in [6, 6.07) is 3.65. The minimum atomic E-state index is -1.42. The fourth-order valence-electron chi connectivity index (χ4n) is 3.27. The molecule has 0 unspecified atom stereocenters. The van der Waals surface area contributed by atoms with Crippen LogP contribution in [-0.4, -0.2) is 31.1 Å². The Morgan fingerprint density at radius 2 is 1.13 bits per heavy atom. The van der Waals surface area contributed by atoms with Crippen LogP contribution in [0.5, 0.6) is 0 Å². The van der Waals surface area contributed by atoms with Crippen molar-refractivity contribution in [3.8, 4) is 0 Å². The van der Waals surface area contributed by atoms with Crippen LogP contribution >= 0.6 is 0 Å². The van der Waals surface area contributed by atoms with Gasteiger partial charge in [-0.2, -0.15) is 0 Å². The van der Waals surface area contributed by atoms with Gasteiger partial charge in [0.1, 0.15) is 0 Å². The first-order chi connectivity index (χ1) is 15.0. The molecule has 0 aliphatic heterocycles. The Labute approximate surface area is 186 Å². The number of unbranched alkanes of at least 4 members (excludes halogenated alkanes) is 10. The van der Waals surface area contributed by atoms with E-state index in [2.05, 4.69) is 13.8 Å². The summed E-state index contributed by atoms with van der Waals surface area (Å²) in [6.07, 6.45) is 12.7. The zero-order valence-corrected chi connectivity index (χ0v) is 19.1. The molecule has 0 aromatic heterocycles. The van der Waals surface area contributed by atoms with E-state index in [0.717, 1.165) is 57.4 Å².